The Kier molecular flexibility index (Phi) is 15.2. The molecular weight excluding hydrogens is 1410 g/mol. The number of fused-ring (bicyclic) bond motifs is 15. The molecule has 0 saturated carbocycles. The summed E-state index contributed by atoms with van der Waals surface area (Å²) in [5.41, 5.74) is 31.9. The Labute approximate surface area is 660 Å². The van der Waals surface area contributed by atoms with Gasteiger partial charge in [0.15, 0.2) is 0 Å². The van der Waals surface area contributed by atoms with Gasteiger partial charge in [-0.05, 0) is 183 Å². The van der Waals surface area contributed by atoms with E-state index in [9.17, 15) is 0 Å². The van der Waals surface area contributed by atoms with Gasteiger partial charge in [-0.25, -0.2) is 0 Å². The zero-order valence-electron chi connectivity index (χ0n) is 62.0. The molecule has 0 aliphatic carbocycles. The summed E-state index contributed by atoms with van der Waals surface area (Å²) in [5.74, 6) is 0. The minimum absolute atomic E-state index is 0.814. The number of anilines is 6. The zero-order valence-corrected chi connectivity index (χ0v) is 62.0. The molecule has 0 aliphatic rings. The molecule has 7 nitrogen and oxygen atoms in total. The van der Waals surface area contributed by atoms with E-state index in [4.69, 9.17) is 22.1 Å². The fraction of sp³-hybridized carbons (Fsp3) is 0. The highest BCUT2D eigenvalue weighted by Gasteiger charge is 2.24. The summed E-state index contributed by atoms with van der Waals surface area (Å²) in [4.78, 5) is 4.66. The van der Waals surface area contributed by atoms with E-state index in [-0.39, 0.29) is 0 Å². The van der Waals surface area contributed by atoms with Crippen LogP contribution in [0.5, 0.6) is 0 Å². The lowest BCUT2D eigenvalue weighted by Gasteiger charge is -2.26. The van der Waals surface area contributed by atoms with E-state index in [1.54, 1.807) is 0 Å². The van der Waals surface area contributed by atoms with Crippen LogP contribution in [0, 0.1) is 0 Å². The fourth-order valence-corrected chi connectivity index (χ4v) is 17.5. The first-order valence-corrected chi connectivity index (χ1v) is 39.0. The highest BCUT2D eigenvalue weighted by molar-refractivity contribution is 6.16. The molecule has 23 rings (SSSR count). The molecule has 23 aromatic rings. The van der Waals surface area contributed by atoms with E-state index in [1.165, 1.54) is 11.1 Å². The highest BCUT2D eigenvalue weighted by atomic mass is 16.3. The van der Waals surface area contributed by atoms with Crippen molar-refractivity contribution in [2.45, 2.75) is 0 Å². The van der Waals surface area contributed by atoms with Crippen LogP contribution in [0.4, 0.5) is 34.1 Å². The summed E-state index contributed by atoms with van der Waals surface area (Å²) in [6.07, 6.45) is 0. The van der Waals surface area contributed by atoms with Gasteiger partial charge in [0.2, 0.25) is 0 Å². The Bertz CT molecular complexity index is 7560. The SMILES string of the molecule is c1ccc(-c2ccc(-c3ccc(N(c4ccc(-c5cccc6c5oc5ccccc56)cc4)c4ccc(-c5cc(-c6ccc7oc8c(-c9ccc(N(c%10ccc(-c%11cccc%12c%11oc%11ccccc%11%12)cc%10)c%10ccc(-c%11cccc%12c%11oc%11ccccc%11%12)cc%10)cc9)cccc8c7c6)cc6c5oc5ccccc56)cc4)cc3)cc2)cc1. The third kappa shape index (κ3) is 11.1. The molecule has 0 atom stereocenters. The van der Waals surface area contributed by atoms with Crippen LogP contribution < -0.4 is 9.80 Å². The molecule has 5 aromatic heterocycles. The summed E-state index contributed by atoms with van der Waals surface area (Å²) in [6.45, 7) is 0. The molecule has 0 radical (unpaired) electrons. The van der Waals surface area contributed by atoms with E-state index in [0.717, 1.165) is 222 Å². The van der Waals surface area contributed by atoms with Gasteiger partial charge in [-0.3, -0.25) is 0 Å². The van der Waals surface area contributed by atoms with Crippen molar-refractivity contribution in [1.82, 2.24) is 0 Å². The second-order valence-electron chi connectivity index (χ2n) is 29.7. The van der Waals surface area contributed by atoms with E-state index in [1.807, 2.05) is 42.5 Å². The molecule has 18 aromatic carbocycles. The third-order valence-electron chi connectivity index (χ3n) is 23.2. The largest absolute Gasteiger partial charge is 0.455 e. The van der Waals surface area contributed by atoms with Gasteiger partial charge in [0, 0.05) is 116 Å². The van der Waals surface area contributed by atoms with Crippen LogP contribution in [0.15, 0.2) is 422 Å². The normalized spacial score (nSPS) is 11.8. The molecule has 0 aliphatic heterocycles. The first-order valence-electron chi connectivity index (χ1n) is 39.0. The average Bonchev–Trinajstić information content (AvgIpc) is 1.56. The third-order valence-corrected chi connectivity index (χ3v) is 23.2. The molecule has 0 amide bonds. The molecular formula is C108H66N2O5. The van der Waals surface area contributed by atoms with Crippen LogP contribution in [0.1, 0.15) is 0 Å². The van der Waals surface area contributed by atoms with Gasteiger partial charge >= 0.3 is 0 Å². The summed E-state index contributed by atoms with van der Waals surface area (Å²) < 4.78 is 33.5. The smallest absolute Gasteiger partial charge is 0.143 e. The topological polar surface area (TPSA) is 72.2 Å². The quantitative estimate of drug-likeness (QED) is 0.107. The van der Waals surface area contributed by atoms with Crippen LogP contribution in [0.25, 0.3) is 199 Å². The van der Waals surface area contributed by atoms with Crippen molar-refractivity contribution in [3.05, 3.63) is 400 Å². The second kappa shape index (κ2) is 26.7. The van der Waals surface area contributed by atoms with Crippen LogP contribution in [-0.4, -0.2) is 0 Å². The number of hydrogen-bond acceptors (Lipinski definition) is 7. The van der Waals surface area contributed by atoms with Crippen molar-refractivity contribution in [2.75, 3.05) is 9.80 Å². The molecule has 538 valence electrons. The Hall–Kier alpha value is -15.4. The number of rotatable bonds is 14. The van der Waals surface area contributed by atoms with Crippen molar-refractivity contribution >= 4 is 144 Å². The van der Waals surface area contributed by atoms with Gasteiger partial charge in [-0.1, -0.05) is 279 Å². The van der Waals surface area contributed by atoms with Crippen molar-refractivity contribution in [1.29, 1.82) is 0 Å². The first kappa shape index (κ1) is 65.4. The lowest BCUT2D eigenvalue weighted by atomic mass is 9.94. The maximum absolute atomic E-state index is 6.98. The molecule has 0 fully saturated rings. The number of para-hydroxylation sites is 8. The maximum atomic E-state index is 6.98. The molecule has 0 bridgehead atoms. The Morgan fingerprint density at radius 3 is 0.713 bits per heavy atom. The van der Waals surface area contributed by atoms with E-state index in [0.29, 0.717) is 0 Å². The second-order valence-corrected chi connectivity index (χ2v) is 29.7. The number of benzene rings is 18. The molecule has 115 heavy (non-hydrogen) atoms. The van der Waals surface area contributed by atoms with Crippen LogP contribution in [-0.2, 0) is 0 Å². The Morgan fingerprint density at radius 2 is 0.365 bits per heavy atom. The number of nitrogens with zero attached hydrogens (tertiary/aromatic N) is 2. The predicted octanol–water partition coefficient (Wildman–Crippen LogP) is 31.5. The molecule has 5 heterocycles. The average molecular weight is 1470 g/mol. The molecule has 0 N–H and O–H groups in total. The monoisotopic (exact) mass is 1470 g/mol. The van der Waals surface area contributed by atoms with Gasteiger partial charge in [-0.2, -0.15) is 0 Å². The lowest BCUT2D eigenvalue weighted by molar-refractivity contribution is 0.669. The van der Waals surface area contributed by atoms with Crippen LogP contribution >= 0.6 is 0 Å². The van der Waals surface area contributed by atoms with E-state index < -0.39 is 0 Å². The van der Waals surface area contributed by atoms with Gasteiger partial charge in [-0.15, -0.1) is 0 Å². The van der Waals surface area contributed by atoms with Crippen LogP contribution in [0.2, 0.25) is 0 Å². The van der Waals surface area contributed by atoms with Crippen molar-refractivity contribution in [3.63, 3.8) is 0 Å². The van der Waals surface area contributed by atoms with Crippen molar-refractivity contribution in [3.8, 4) is 89.0 Å². The lowest BCUT2D eigenvalue weighted by Crippen LogP contribution is -2.09. The Balaban J connectivity index is 0.584. The van der Waals surface area contributed by atoms with E-state index in [2.05, 4.69) is 368 Å². The minimum atomic E-state index is 0.814. The first-order chi connectivity index (χ1) is 57.0. The predicted molar refractivity (Wildman–Crippen MR) is 476 cm³/mol. The van der Waals surface area contributed by atoms with Crippen molar-refractivity contribution < 1.29 is 22.1 Å². The summed E-state index contributed by atoms with van der Waals surface area (Å²) >= 11 is 0. The van der Waals surface area contributed by atoms with Gasteiger partial charge in [0.05, 0.1) is 0 Å². The number of furan rings is 5. The zero-order chi connectivity index (χ0) is 75.6. The summed E-state index contributed by atoms with van der Waals surface area (Å²) in [7, 11) is 0. The number of hydrogen-bond donors (Lipinski definition) is 0. The van der Waals surface area contributed by atoms with Crippen molar-refractivity contribution in [2.24, 2.45) is 0 Å². The fourth-order valence-electron chi connectivity index (χ4n) is 17.5. The highest BCUT2D eigenvalue weighted by Crippen LogP contribution is 2.48. The summed E-state index contributed by atoms with van der Waals surface area (Å²) in [5, 5.41) is 10.8. The molecule has 0 spiro atoms. The molecule has 7 heteroatoms. The maximum Gasteiger partial charge on any atom is 0.143 e. The minimum Gasteiger partial charge on any atom is -0.455 e. The van der Waals surface area contributed by atoms with Crippen LogP contribution in [0.3, 0.4) is 0 Å². The van der Waals surface area contributed by atoms with Gasteiger partial charge < -0.3 is 31.9 Å². The summed E-state index contributed by atoms with van der Waals surface area (Å²) in [6, 6.07) is 143. The van der Waals surface area contributed by atoms with Gasteiger partial charge in [0.25, 0.3) is 0 Å². The molecule has 0 saturated heterocycles. The van der Waals surface area contributed by atoms with Gasteiger partial charge in [0.1, 0.15) is 55.8 Å². The van der Waals surface area contributed by atoms with E-state index >= 15 is 0 Å². The standard InChI is InChI=1S/C108H66N2O5/c1-2-16-67(17-3-1)68-34-36-69(37-35-68)70-38-51-78(52-39-70)109(79-53-40-71(41-54-79)84-22-12-26-92-88-18-4-8-30-99(88)111-104(84)92)83-61-48-75(49-62-83)96-65-77(66-98-91-21-7-11-33-102(91)114-108(96)98)76-50-63-103-97(64-76)95-29-15-25-87(107(95)115-103)74-46-59-82(60-47-74)110(80-55-42-72(43-56-80)85-23-13-27-93-89-19-5-9-31-100(89)112-105(85)93)81-57-44-73(45-58-81)86-24-14-28-94-90-20-6-10-32-101(90)113-106(86)94/h1-66H. The molecule has 0 unspecified atom stereocenters. The Morgan fingerprint density at radius 1 is 0.130 bits per heavy atom.